The zero-order chi connectivity index (χ0) is 15.8. The van der Waals surface area contributed by atoms with Gasteiger partial charge in [-0.25, -0.2) is 0 Å². The maximum absolute atomic E-state index is 12.4. The first-order chi connectivity index (χ1) is 9.75. The van der Waals surface area contributed by atoms with Crippen molar-refractivity contribution >= 4 is 5.91 Å². The van der Waals surface area contributed by atoms with E-state index in [0.717, 1.165) is 17.1 Å². The van der Waals surface area contributed by atoms with Crippen molar-refractivity contribution in [3.8, 4) is 5.82 Å². The van der Waals surface area contributed by atoms with Gasteiger partial charge in [0.05, 0.1) is 5.56 Å². The van der Waals surface area contributed by atoms with Crippen molar-refractivity contribution in [1.29, 1.82) is 0 Å². The van der Waals surface area contributed by atoms with Crippen LogP contribution in [0, 0.1) is 20.8 Å². The molecule has 0 radical (unpaired) electrons. The number of nitrogens with zero attached hydrogens (tertiary/aromatic N) is 2. The average molecular weight is 290 g/mol. The molecule has 2 heterocycles. The van der Waals surface area contributed by atoms with E-state index < -0.39 is 5.54 Å². The Morgan fingerprint density at radius 2 is 2.05 bits per heavy atom. The van der Waals surface area contributed by atoms with Crippen LogP contribution in [0.25, 0.3) is 5.82 Å². The van der Waals surface area contributed by atoms with Crippen LogP contribution in [0.15, 0.2) is 16.7 Å². The van der Waals surface area contributed by atoms with Gasteiger partial charge in [0.2, 0.25) is 0 Å². The Bertz CT molecular complexity index is 667. The largest absolute Gasteiger partial charge is 0.360 e. The number of hydrogen-bond acceptors (Lipinski definition) is 4. The number of aromatic nitrogens is 2. The van der Waals surface area contributed by atoms with E-state index in [1.54, 1.807) is 0 Å². The summed E-state index contributed by atoms with van der Waals surface area (Å²) in [7, 11) is 0. The molecule has 2 aromatic rings. The van der Waals surface area contributed by atoms with Gasteiger partial charge in [-0.05, 0) is 40.7 Å². The number of nitrogens with one attached hydrogen (secondary N) is 1. The lowest BCUT2D eigenvalue weighted by Crippen LogP contribution is -2.48. The van der Waals surface area contributed by atoms with Gasteiger partial charge in [0.15, 0.2) is 5.82 Å². The Labute approximate surface area is 124 Å². The fourth-order valence-corrected chi connectivity index (χ4v) is 2.23. The zero-order valence-corrected chi connectivity index (χ0v) is 13.2. The summed E-state index contributed by atoms with van der Waals surface area (Å²) >= 11 is 0. The van der Waals surface area contributed by atoms with Crippen molar-refractivity contribution in [2.75, 3.05) is 6.54 Å². The first-order valence-electron chi connectivity index (χ1n) is 6.90. The summed E-state index contributed by atoms with van der Waals surface area (Å²) in [6, 6.07) is 3.69. The summed E-state index contributed by atoms with van der Waals surface area (Å²) in [5, 5.41) is 6.95. The van der Waals surface area contributed by atoms with Crippen molar-refractivity contribution in [3.63, 3.8) is 0 Å². The first kappa shape index (κ1) is 15.3. The molecule has 0 atom stereocenters. The summed E-state index contributed by atoms with van der Waals surface area (Å²) in [5.74, 6) is 1.28. The topological polar surface area (TPSA) is 86.1 Å². The molecule has 0 aliphatic rings. The summed E-state index contributed by atoms with van der Waals surface area (Å²) < 4.78 is 7.01. The molecule has 3 N–H and O–H groups in total. The number of hydrogen-bond donors (Lipinski definition) is 2. The highest BCUT2D eigenvalue weighted by atomic mass is 16.5. The highest BCUT2D eigenvalue weighted by Gasteiger charge is 2.23. The van der Waals surface area contributed by atoms with Crippen LogP contribution in [0.1, 0.15) is 41.4 Å². The summed E-state index contributed by atoms with van der Waals surface area (Å²) in [4.78, 5) is 12.4. The van der Waals surface area contributed by atoms with Crippen LogP contribution in [-0.2, 0) is 0 Å². The summed E-state index contributed by atoms with van der Waals surface area (Å²) in [5.41, 5.74) is 7.59. The fourth-order valence-electron chi connectivity index (χ4n) is 2.23. The Morgan fingerprint density at radius 1 is 1.38 bits per heavy atom. The molecular weight excluding hydrogens is 268 g/mol. The zero-order valence-electron chi connectivity index (χ0n) is 13.2. The minimum Gasteiger partial charge on any atom is -0.360 e. The Balaban J connectivity index is 2.38. The lowest BCUT2D eigenvalue weighted by atomic mass is 10.1. The lowest BCUT2D eigenvalue weighted by molar-refractivity contribution is 0.0915. The van der Waals surface area contributed by atoms with Crippen LogP contribution in [0.2, 0.25) is 0 Å². The maximum atomic E-state index is 12.4. The van der Waals surface area contributed by atoms with Gasteiger partial charge < -0.3 is 15.6 Å². The highest BCUT2D eigenvalue weighted by molar-refractivity contribution is 5.96. The number of carbonyl (C=O) groups is 1. The lowest BCUT2D eigenvalue weighted by Gasteiger charge is -2.24. The maximum Gasteiger partial charge on any atom is 0.253 e. The van der Waals surface area contributed by atoms with Gasteiger partial charge >= 0.3 is 0 Å². The van der Waals surface area contributed by atoms with E-state index >= 15 is 0 Å². The number of aryl methyl sites for hydroxylation is 2. The second kappa shape index (κ2) is 5.37. The predicted molar refractivity (Wildman–Crippen MR) is 80.6 cm³/mol. The molecule has 0 saturated carbocycles. The van der Waals surface area contributed by atoms with Crippen molar-refractivity contribution in [2.45, 2.75) is 40.2 Å². The molecule has 6 heteroatoms. The van der Waals surface area contributed by atoms with Crippen LogP contribution in [0.5, 0.6) is 0 Å². The van der Waals surface area contributed by atoms with E-state index in [4.69, 9.17) is 10.3 Å². The van der Waals surface area contributed by atoms with Crippen LogP contribution in [0.4, 0.5) is 0 Å². The molecule has 0 aliphatic carbocycles. The van der Waals surface area contributed by atoms with Gasteiger partial charge in [0.25, 0.3) is 5.91 Å². The van der Waals surface area contributed by atoms with E-state index in [0.29, 0.717) is 17.9 Å². The van der Waals surface area contributed by atoms with Crippen molar-refractivity contribution < 1.29 is 9.32 Å². The van der Waals surface area contributed by atoms with Crippen LogP contribution in [0.3, 0.4) is 0 Å². The molecule has 0 fully saturated rings. The Hall–Kier alpha value is -2.08. The minimum absolute atomic E-state index is 0.134. The molecule has 2 rings (SSSR count). The molecule has 0 bridgehead atoms. The number of amides is 1. The predicted octanol–water partition coefficient (Wildman–Crippen LogP) is 1.86. The minimum atomic E-state index is -0.440. The van der Waals surface area contributed by atoms with E-state index in [-0.39, 0.29) is 5.91 Å². The van der Waals surface area contributed by atoms with Gasteiger partial charge in [-0.1, -0.05) is 5.16 Å². The molecular formula is C15H22N4O2. The molecule has 0 spiro atoms. The number of rotatable bonds is 4. The van der Waals surface area contributed by atoms with Gasteiger partial charge in [0.1, 0.15) is 5.76 Å². The fraction of sp³-hybridized carbons (Fsp3) is 0.467. The van der Waals surface area contributed by atoms with Crippen molar-refractivity contribution in [1.82, 2.24) is 15.0 Å². The normalized spacial score (nSPS) is 11.7. The molecule has 2 aromatic heterocycles. The highest BCUT2D eigenvalue weighted by Crippen LogP contribution is 2.21. The summed E-state index contributed by atoms with van der Waals surface area (Å²) in [6.07, 6.45) is 0. The monoisotopic (exact) mass is 290 g/mol. The molecule has 114 valence electrons. The van der Waals surface area contributed by atoms with E-state index in [2.05, 4.69) is 10.5 Å². The van der Waals surface area contributed by atoms with E-state index in [1.165, 1.54) is 0 Å². The molecule has 0 aliphatic heterocycles. The van der Waals surface area contributed by atoms with E-state index in [1.807, 2.05) is 51.3 Å². The van der Waals surface area contributed by atoms with Crippen LogP contribution < -0.4 is 11.1 Å². The van der Waals surface area contributed by atoms with Gasteiger partial charge in [-0.15, -0.1) is 0 Å². The Kier molecular flexibility index (Phi) is 3.91. The number of carbonyl (C=O) groups excluding carboxylic acids is 1. The molecule has 0 aromatic carbocycles. The van der Waals surface area contributed by atoms with Gasteiger partial charge in [0, 0.05) is 29.5 Å². The molecule has 0 unspecified atom stereocenters. The van der Waals surface area contributed by atoms with Crippen molar-refractivity contribution in [2.24, 2.45) is 5.73 Å². The Morgan fingerprint density at radius 3 is 2.57 bits per heavy atom. The standard InChI is InChI=1S/C15H22N4O2/c1-9-6-12(14(20)17-15(4,5)8-16)11(3)19(9)13-7-10(2)21-18-13/h6-7H,8,16H2,1-5H3,(H,17,20). The molecule has 21 heavy (non-hydrogen) atoms. The third-order valence-electron chi connectivity index (χ3n) is 3.48. The smallest absolute Gasteiger partial charge is 0.253 e. The molecule has 1 amide bonds. The van der Waals surface area contributed by atoms with Gasteiger partial charge in [-0.3, -0.25) is 9.36 Å². The summed E-state index contributed by atoms with van der Waals surface area (Å²) in [6.45, 7) is 9.82. The van der Waals surface area contributed by atoms with Gasteiger partial charge in [-0.2, -0.15) is 0 Å². The van der Waals surface area contributed by atoms with Crippen LogP contribution in [-0.4, -0.2) is 27.7 Å². The first-order valence-corrected chi connectivity index (χ1v) is 6.90. The molecule has 6 nitrogen and oxygen atoms in total. The third kappa shape index (κ3) is 3.00. The second-order valence-electron chi connectivity index (χ2n) is 5.96. The molecule has 0 saturated heterocycles. The average Bonchev–Trinajstić information content (AvgIpc) is 2.93. The van der Waals surface area contributed by atoms with Crippen molar-refractivity contribution in [3.05, 3.63) is 34.8 Å². The quantitative estimate of drug-likeness (QED) is 0.900. The second-order valence-corrected chi connectivity index (χ2v) is 5.96. The van der Waals surface area contributed by atoms with Crippen LogP contribution >= 0.6 is 0 Å². The third-order valence-corrected chi connectivity index (χ3v) is 3.48. The number of nitrogens with two attached hydrogens (primary N) is 1. The van der Waals surface area contributed by atoms with E-state index in [9.17, 15) is 4.79 Å². The SMILES string of the molecule is Cc1cc(-n2c(C)cc(C(=O)NC(C)(C)CN)c2C)no1.